The van der Waals surface area contributed by atoms with Crippen LogP contribution in [-0.2, 0) is 17.8 Å². The van der Waals surface area contributed by atoms with Gasteiger partial charge in [0.15, 0.2) is 0 Å². The first-order valence-electron chi connectivity index (χ1n) is 7.39. The summed E-state index contributed by atoms with van der Waals surface area (Å²) >= 11 is 0. The first-order valence-corrected chi connectivity index (χ1v) is 7.39. The summed E-state index contributed by atoms with van der Waals surface area (Å²) in [4.78, 5) is 12.4. The van der Waals surface area contributed by atoms with Gasteiger partial charge in [0.2, 0.25) is 5.91 Å². The van der Waals surface area contributed by atoms with Crippen LogP contribution in [0.2, 0.25) is 0 Å². The molecule has 1 aliphatic heterocycles. The van der Waals surface area contributed by atoms with Crippen molar-refractivity contribution >= 4 is 5.91 Å². The number of nitrogens with one attached hydrogen (secondary N) is 2. The van der Waals surface area contributed by atoms with Gasteiger partial charge in [-0.15, -0.1) is 0 Å². The number of carbonyl (C=O) groups excluding carboxylic acids is 1. The summed E-state index contributed by atoms with van der Waals surface area (Å²) in [7, 11) is 0. The Hall–Kier alpha value is -2.13. The van der Waals surface area contributed by atoms with Crippen LogP contribution in [-0.4, -0.2) is 11.9 Å². The number of benzene rings is 2. The highest BCUT2D eigenvalue weighted by atomic mass is 16.2. The first kappa shape index (κ1) is 13.8. The molecule has 0 bridgehead atoms. The average Bonchev–Trinajstić information content (AvgIpc) is 2.55. The van der Waals surface area contributed by atoms with Gasteiger partial charge in [-0.25, -0.2) is 0 Å². The van der Waals surface area contributed by atoms with E-state index in [1.807, 2.05) is 49.4 Å². The van der Waals surface area contributed by atoms with Crippen molar-refractivity contribution in [3.05, 3.63) is 71.3 Å². The van der Waals surface area contributed by atoms with Crippen molar-refractivity contribution in [1.29, 1.82) is 0 Å². The van der Waals surface area contributed by atoms with E-state index >= 15 is 0 Å². The molecule has 2 aromatic carbocycles. The predicted octanol–water partition coefficient (Wildman–Crippen LogP) is 2.58. The van der Waals surface area contributed by atoms with E-state index < -0.39 is 0 Å². The van der Waals surface area contributed by atoms with Gasteiger partial charge >= 0.3 is 0 Å². The van der Waals surface area contributed by atoms with Crippen LogP contribution in [0.1, 0.15) is 29.7 Å². The van der Waals surface area contributed by atoms with Crippen LogP contribution in [0.5, 0.6) is 0 Å². The van der Waals surface area contributed by atoms with Gasteiger partial charge in [0.05, 0.1) is 12.1 Å². The lowest BCUT2D eigenvalue weighted by Crippen LogP contribution is -2.48. The molecule has 0 saturated carbocycles. The molecular weight excluding hydrogens is 260 g/mol. The van der Waals surface area contributed by atoms with E-state index in [1.165, 1.54) is 11.1 Å². The van der Waals surface area contributed by atoms with Crippen molar-refractivity contribution in [3.8, 4) is 0 Å². The van der Waals surface area contributed by atoms with Crippen molar-refractivity contribution < 1.29 is 4.79 Å². The number of hydrogen-bond donors (Lipinski definition) is 2. The van der Waals surface area contributed by atoms with Crippen molar-refractivity contribution in [1.82, 2.24) is 10.6 Å². The third-order valence-electron chi connectivity index (χ3n) is 4.06. The minimum Gasteiger partial charge on any atom is -0.348 e. The van der Waals surface area contributed by atoms with E-state index in [9.17, 15) is 4.79 Å². The zero-order valence-electron chi connectivity index (χ0n) is 12.2. The maximum absolute atomic E-state index is 12.4. The minimum absolute atomic E-state index is 0.0256. The van der Waals surface area contributed by atoms with Gasteiger partial charge in [-0.2, -0.15) is 0 Å². The fourth-order valence-corrected chi connectivity index (χ4v) is 2.78. The molecule has 3 nitrogen and oxygen atoms in total. The molecule has 2 N–H and O–H groups in total. The smallest absolute Gasteiger partial charge is 0.237 e. The van der Waals surface area contributed by atoms with E-state index in [1.54, 1.807) is 0 Å². The molecule has 2 aromatic rings. The summed E-state index contributed by atoms with van der Waals surface area (Å²) in [5.41, 5.74) is 3.68. The molecule has 1 heterocycles. The Bertz CT molecular complexity index is 624. The van der Waals surface area contributed by atoms with Crippen molar-refractivity contribution in [2.75, 3.05) is 0 Å². The lowest BCUT2D eigenvalue weighted by molar-refractivity contribution is -0.124. The van der Waals surface area contributed by atoms with E-state index in [0.29, 0.717) is 0 Å². The van der Waals surface area contributed by atoms with Crippen LogP contribution in [0.15, 0.2) is 54.6 Å². The van der Waals surface area contributed by atoms with Gasteiger partial charge in [0.25, 0.3) is 0 Å². The first-order chi connectivity index (χ1) is 10.2. The Labute approximate surface area is 125 Å². The molecule has 21 heavy (non-hydrogen) atoms. The third kappa shape index (κ3) is 3.14. The molecule has 0 aromatic heterocycles. The van der Waals surface area contributed by atoms with Crippen molar-refractivity contribution in [2.45, 2.75) is 32.0 Å². The number of carbonyl (C=O) groups is 1. The summed E-state index contributed by atoms with van der Waals surface area (Å²) in [6.07, 6.45) is 0.753. The van der Waals surface area contributed by atoms with Crippen LogP contribution in [0.4, 0.5) is 0 Å². The van der Waals surface area contributed by atoms with Crippen LogP contribution in [0.25, 0.3) is 0 Å². The predicted molar refractivity (Wildman–Crippen MR) is 83.8 cm³/mol. The molecule has 0 spiro atoms. The molecule has 0 fully saturated rings. The molecule has 0 aliphatic carbocycles. The lowest BCUT2D eigenvalue weighted by Gasteiger charge is -2.26. The maximum Gasteiger partial charge on any atom is 0.237 e. The molecule has 0 saturated heterocycles. The summed E-state index contributed by atoms with van der Waals surface area (Å²) in [6, 6.07) is 18.2. The second-order valence-electron chi connectivity index (χ2n) is 5.55. The van der Waals surface area contributed by atoms with Gasteiger partial charge in [0.1, 0.15) is 0 Å². The van der Waals surface area contributed by atoms with Crippen LogP contribution < -0.4 is 10.6 Å². The molecule has 3 heteroatoms. The maximum atomic E-state index is 12.4. The number of amides is 1. The highest BCUT2D eigenvalue weighted by Crippen LogP contribution is 2.17. The third-order valence-corrected chi connectivity index (χ3v) is 4.06. The summed E-state index contributed by atoms with van der Waals surface area (Å²) in [6.45, 7) is 2.78. The molecule has 0 radical (unpaired) electrons. The normalized spacial score (nSPS) is 18.6. The highest BCUT2D eigenvalue weighted by Gasteiger charge is 2.24. The zero-order valence-corrected chi connectivity index (χ0v) is 12.2. The van der Waals surface area contributed by atoms with Gasteiger partial charge in [-0.1, -0.05) is 54.6 Å². The molecule has 108 valence electrons. The Kier molecular flexibility index (Phi) is 4.02. The quantitative estimate of drug-likeness (QED) is 0.907. The SMILES string of the molecule is C[C@@H](NC(=O)[C@@H]1Cc2ccccc2CN1)c1ccccc1. The number of fused-ring (bicyclic) bond motifs is 1. The number of hydrogen-bond acceptors (Lipinski definition) is 2. The van der Waals surface area contributed by atoms with Crippen LogP contribution in [0, 0.1) is 0 Å². The average molecular weight is 280 g/mol. The molecule has 0 unspecified atom stereocenters. The van der Waals surface area contributed by atoms with E-state index in [2.05, 4.69) is 22.8 Å². The Morgan fingerprint density at radius 1 is 1.10 bits per heavy atom. The monoisotopic (exact) mass is 280 g/mol. The Balaban J connectivity index is 1.65. The second kappa shape index (κ2) is 6.10. The number of rotatable bonds is 3. The summed E-state index contributed by atoms with van der Waals surface area (Å²) in [5.74, 6) is 0.0702. The molecule has 2 atom stereocenters. The van der Waals surface area contributed by atoms with Crippen LogP contribution >= 0.6 is 0 Å². The Morgan fingerprint density at radius 2 is 1.76 bits per heavy atom. The summed E-state index contributed by atoms with van der Waals surface area (Å²) in [5, 5.41) is 6.42. The second-order valence-corrected chi connectivity index (χ2v) is 5.55. The molecule has 1 amide bonds. The van der Waals surface area contributed by atoms with Crippen molar-refractivity contribution in [2.24, 2.45) is 0 Å². The largest absolute Gasteiger partial charge is 0.348 e. The molecular formula is C18H20N2O. The van der Waals surface area contributed by atoms with Crippen LogP contribution in [0.3, 0.4) is 0 Å². The standard InChI is InChI=1S/C18H20N2O/c1-13(14-7-3-2-4-8-14)20-18(21)17-11-15-9-5-6-10-16(15)12-19-17/h2-10,13,17,19H,11-12H2,1H3,(H,20,21)/t13-,17+/m1/s1. The fourth-order valence-electron chi connectivity index (χ4n) is 2.78. The van der Waals surface area contributed by atoms with Crippen molar-refractivity contribution in [3.63, 3.8) is 0 Å². The molecule has 1 aliphatic rings. The van der Waals surface area contributed by atoms with E-state index in [0.717, 1.165) is 18.5 Å². The fraction of sp³-hybridized carbons (Fsp3) is 0.278. The highest BCUT2D eigenvalue weighted by molar-refractivity contribution is 5.82. The van der Waals surface area contributed by atoms with Gasteiger partial charge < -0.3 is 10.6 Å². The van der Waals surface area contributed by atoms with Gasteiger partial charge in [-0.3, -0.25) is 4.79 Å². The molecule has 3 rings (SSSR count). The van der Waals surface area contributed by atoms with E-state index in [-0.39, 0.29) is 18.0 Å². The minimum atomic E-state index is -0.147. The van der Waals surface area contributed by atoms with Gasteiger partial charge in [-0.05, 0) is 30.0 Å². The summed E-state index contributed by atoms with van der Waals surface area (Å²) < 4.78 is 0. The zero-order chi connectivity index (χ0) is 14.7. The van der Waals surface area contributed by atoms with Gasteiger partial charge in [0, 0.05) is 6.54 Å². The van der Waals surface area contributed by atoms with E-state index in [4.69, 9.17) is 0 Å². The Morgan fingerprint density at radius 3 is 2.52 bits per heavy atom. The topological polar surface area (TPSA) is 41.1 Å². The lowest BCUT2D eigenvalue weighted by atomic mass is 9.95.